The van der Waals surface area contributed by atoms with Gasteiger partial charge < -0.3 is 0 Å². The van der Waals surface area contributed by atoms with Gasteiger partial charge in [0.25, 0.3) is 0 Å². The molecule has 2 unspecified atom stereocenters. The summed E-state index contributed by atoms with van der Waals surface area (Å²) in [7, 11) is 0. The summed E-state index contributed by atoms with van der Waals surface area (Å²) < 4.78 is 178. The van der Waals surface area contributed by atoms with E-state index in [1.807, 2.05) is 0 Å². The summed E-state index contributed by atoms with van der Waals surface area (Å²) in [6.45, 7) is -5.53. The lowest BCUT2D eigenvalue weighted by Crippen LogP contribution is -2.82. The average Bonchev–Trinajstić information content (AvgIpc) is 2.21. The summed E-state index contributed by atoms with van der Waals surface area (Å²) in [6, 6.07) is -14.2. The van der Waals surface area contributed by atoms with Gasteiger partial charge in [0.2, 0.25) is 0 Å². The van der Waals surface area contributed by atoms with Crippen molar-refractivity contribution in [1.82, 2.24) is 4.90 Å². The fraction of sp³-hybridized carbons (Fsp3) is 1.00. The van der Waals surface area contributed by atoms with E-state index in [1.165, 1.54) is 0 Å². The van der Waals surface area contributed by atoms with Crippen molar-refractivity contribution >= 4 is 0 Å². The summed E-state index contributed by atoms with van der Waals surface area (Å²) in [4.78, 5) is -3.48. The van der Waals surface area contributed by atoms with Crippen LogP contribution in [0.2, 0.25) is 0 Å². The van der Waals surface area contributed by atoms with Gasteiger partial charge in [-0.1, -0.05) is 0 Å². The molecular formula is C7HF14NO. The third-order valence-electron chi connectivity index (χ3n) is 2.58. The highest BCUT2D eigenvalue weighted by Crippen LogP contribution is 2.63. The molecule has 0 aromatic rings. The zero-order valence-corrected chi connectivity index (χ0v) is 9.72. The van der Waals surface area contributed by atoms with Gasteiger partial charge in [-0.15, -0.1) is 4.90 Å². The molecule has 0 spiro atoms. The van der Waals surface area contributed by atoms with Crippen LogP contribution in [0.1, 0.15) is 0 Å². The van der Waals surface area contributed by atoms with Gasteiger partial charge in [0.05, 0.1) is 0 Å². The molecular weight excluding hydrogens is 380 g/mol. The topological polar surface area (TPSA) is 12.5 Å². The lowest BCUT2D eigenvalue weighted by Gasteiger charge is -2.52. The first kappa shape index (κ1) is 20.0. The van der Waals surface area contributed by atoms with E-state index in [2.05, 4.69) is 0 Å². The van der Waals surface area contributed by atoms with Crippen molar-refractivity contribution in [3.63, 3.8) is 0 Å². The van der Waals surface area contributed by atoms with Crippen molar-refractivity contribution in [3.05, 3.63) is 0 Å². The fourth-order valence-corrected chi connectivity index (χ4v) is 1.50. The van der Waals surface area contributed by atoms with E-state index in [0.717, 1.165) is 0 Å². The molecule has 0 aliphatic carbocycles. The number of alkyl halides is 14. The molecule has 1 saturated heterocycles. The highest BCUT2D eigenvalue weighted by molar-refractivity contribution is 5.07. The third kappa shape index (κ3) is 2.32. The van der Waals surface area contributed by atoms with E-state index in [0.29, 0.717) is 0 Å². The minimum atomic E-state index is -7.29. The molecule has 1 aliphatic heterocycles. The van der Waals surface area contributed by atoms with Crippen molar-refractivity contribution < 1.29 is 66.2 Å². The van der Waals surface area contributed by atoms with Crippen molar-refractivity contribution in [2.75, 3.05) is 0 Å². The van der Waals surface area contributed by atoms with Crippen molar-refractivity contribution in [1.29, 1.82) is 0 Å². The average molecular weight is 381 g/mol. The molecule has 16 heteroatoms. The van der Waals surface area contributed by atoms with Gasteiger partial charge in [-0.25, -0.2) is 0 Å². The van der Waals surface area contributed by atoms with Gasteiger partial charge >= 0.3 is 42.7 Å². The molecule has 2 nitrogen and oxygen atoms in total. The number of rotatable bonds is 1. The largest absolute Gasteiger partial charge is 0.456 e. The molecule has 0 aromatic carbocycles. The Bertz CT molecular complexity index is 431. The van der Waals surface area contributed by atoms with Crippen molar-refractivity contribution in [2.45, 2.75) is 42.7 Å². The van der Waals surface area contributed by atoms with Crippen molar-refractivity contribution in [3.8, 4) is 0 Å². The van der Waals surface area contributed by atoms with E-state index in [-0.39, 0.29) is 0 Å². The number of nitrogens with zero attached hydrogens (tertiary/aromatic N) is 1. The van der Waals surface area contributed by atoms with Crippen LogP contribution in [0.4, 0.5) is 61.5 Å². The highest BCUT2D eigenvalue weighted by Gasteiger charge is 2.93. The minimum absolute atomic E-state index is 1.74. The van der Waals surface area contributed by atoms with Crippen LogP contribution in [0.25, 0.3) is 0 Å². The van der Waals surface area contributed by atoms with E-state index >= 15 is 0 Å². The number of morpholine rings is 1. The van der Waals surface area contributed by atoms with Crippen LogP contribution in [-0.2, 0) is 4.74 Å². The standard InChI is InChI=1S/C7HF14NO/c8-1(9)22-6(18,19)2(10,4(12,13)14)23-3(11,5(15,16)17)7(22,20)21/h1H. The molecule has 0 bridgehead atoms. The third-order valence-corrected chi connectivity index (χ3v) is 2.58. The SMILES string of the molecule is FC(F)N1C(F)(F)C(F)(C(F)(F)F)OC(F)(C(F)(F)F)C1(F)F. The van der Waals surface area contributed by atoms with E-state index in [9.17, 15) is 61.5 Å². The first-order valence-electron chi connectivity index (χ1n) is 4.82. The second-order valence-electron chi connectivity index (χ2n) is 4.02. The summed E-state index contributed by atoms with van der Waals surface area (Å²) >= 11 is 0. The lowest BCUT2D eigenvalue weighted by atomic mass is 10.1. The number of ether oxygens (including phenoxy) is 1. The van der Waals surface area contributed by atoms with E-state index in [4.69, 9.17) is 0 Å². The molecule has 0 aromatic heterocycles. The summed E-state index contributed by atoms with van der Waals surface area (Å²) in [5.41, 5.74) is 0. The Morgan fingerprint density at radius 1 is 0.652 bits per heavy atom. The lowest BCUT2D eigenvalue weighted by molar-refractivity contribution is -0.587. The molecule has 0 amide bonds. The van der Waals surface area contributed by atoms with Crippen molar-refractivity contribution in [2.24, 2.45) is 0 Å². The zero-order valence-electron chi connectivity index (χ0n) is 9.72. The fourth-order valence-electron chi connectivity index (χ4n) is 1.50. The van der Waals surface area contributed by atoms with Crippen LogP contribution < -0.4 is 0 Å². The predicted octanol–water partition coefficient (Wildman–Crippen LogP) is 4.18. The molecule has 2 atom stereocenters. The Balaban J connectivity index is 3.78. The molecule has 23 heavy (non-hydrogen) atoms. The van der Waals surface area contributed by atoms with Gasteiger partial charge in [-0.2, -0.15) is 61.5 Å². The summed E-state index contributed by atoms with van der Waals surface area (Å²) in [6.07, 6.45) is -14.6. The first-order valence-corrected chi connectivity index (χ1v) is 4.82. The Labute approximate surface area is 115 Å². The maximum atomic E-state index is 13.3. The second-order valence-corrected chi connectivity index (χ2v) is 4.02. The van der Waals surface area contributed by atoms with Crippen LogP contribution >= 0.6 is 0 Å². The predicted molar refractivity (Wildman–Crippen MR) is 38.6 cm³/mol. The summed E-state index contributed by atoms with van der Waals surface area (Å²) in [5.74, 6) is -14.3. The normalized spacial score (nSPS) is 35.6. The first-order chi connectivity index (χ1) is 9.77. The maximum absolute atomic E-state index is 13.3. The quantitative estimate of drug-likeness (QED) is 0.499. The molecule has 1 rings (SSSR count). The zero-order chi connectivity index (χ0) is 18.9. The van der Waals surface area contributed by atoms with Gasteiger partial charge in [0.15, 0.2) is 0 Å². The van der Waals surface area contributed by atoms with E-state index in [1.54, 1.807) is 4.74 Å². The van der Waals surface area contributed by atoms with Gasteiger partial charge in [0.1, 0.15) is 0 Å². The second kappa shape index (κ2) is 4.73. The van der Waals surface area contributed by atoms with Crippen LogP contribution in [0.3, 0.4) is 0 Å². The number of hydrogen-bond donors (Lipinski definition) is 0. The molecule has 0 saturated carbocycles. The Hall–Kier alpha value is -1.06. The van der Waals surface area contributed by atoms with E-state index < -0.39 is 47.6 Å². The number of hydrogen-bond acceptors (Lipinski definition) is 2. The van der Waals surface area contributed by atoms with Crippen LogP contribution in [0, 0.1) is 0 Å². The van der Waals surface area contributed by atoms with Gasteiger partial charge in [-0.05, 0) is 0 Å². The Morgan fingerprint density at radius 2 is 0.913 bits per heavy atom. The van der Waals surface area contributed by atoms with Crippen LogP contribution in [0.15, 0.2) is 0 Å². The minimum Gasteiger partial charge on any atom is -0.282 e. The Kier molecular flexibility index (Phi) is 4.11. The molecule has 0 N–H and O–H groups in total. The Morgan fingerprint density at radius 3 is 1.09 bits per heavy atom. The highest BCUT2D eigenvalue weighted by atomic mass is 19.4. The monoisotopic (exact) mass is 381 g/mol. The molecule has 1 heterocycles. The van der Waals surface area contributed by atoms with Gasteiger partial charge in [0, 0.05) is 0 Å². The van der Waals surface area contributed by atoms with Crippen LogP contribution in [-0.4, -0.2) is 47.6 Å². The molecule has 1 fully saturated rings. The van der Waals surface area contributed by atoms with Crippen LogP contribution in [0.5, 0.6) is 0 Å². The maximum Gasteiger partial charge on any atom is 0.456 e. The molecule has 0 radical (unpaired) electrons. The smallest absolute Gasteiger partial charge is 0.282 e. The molecule has 138 valence electrons. The summed E-state index contributed by atoms with van der Waals surface area (Å²) in [5, 5.41) is 0. The van der Waals surface area contributed by atoms with Gasteiger partial charge in [-0.3, -0.25) is 4.74 Å². The molecule has 1 aliphatic rings. The number of halogens is 14.